The quantitative estimate of drug-likeness (QED) is 0.897. The third-order valence-corrected chi connectivity index (χ3v) is 5.00. The van der Waals surface area contributed by atoms with Crippen molar-refractivity contribution in [3.05, 3.63) is 23.5 Å². The zero-order valence-corrected chi connectivity index (χ0v) is 12.8. The van der Waals surface area contributed by atoms with Crippen LogP contribution in [0.1, 0.15) is 18.5 Å². The van der Waals surface area contributed by atoms with E-state index in [2.05, 4.69) is 10.3 Å². The summed E-state index contributed by atoms with van der Waals surface area (Å²) in [6.07, 6.45) is 5.37. The van der Waals surface area contributed by atoms with Gasteiger partial charge in [0.25, 0.3) is 0 Å². The first-order valence-electron chi connectivity index (χ1n) is 7.29. The van der Waals surface area contributed by atoms with E-state index >= 15 is 0 Å². The van der Waals surface area contributed by atoms with E-state index in [4.69, 9.17) is 4.74 Å². The monoisotopic (exact) mass is 320 g/mol. The lowest BCUT2D eigenvalue weighted by molar-refractivity contribution is -0.136. The van der Waals surface area contributed by atoms with Gasteiger partial charge in [-0.1, -0.05) is 0 Å². The first kappa shape index (κ1) is 13.6. The average Bonchev–Trinajstić information content (AvgIpc) is 3.15. The van der Waals surface area contributed by atoms with Gasteiger partial charge in [0, 0.05) is 24.3 Å². The number of nitrogens with zero attached hydrogens (tertiary/aromatic N) is 3. The van der Waals surface area contributed by atoms with E-state index in [1.54, 1.807) is 16.2 Å². The van der Waals surface area contributed by atoms with Crippen molar-refractivity contribution in [1.29, 1.82) is 0 Å². The van der Waals surface area contributed by atoms with Crippen molar-refractivity contribution in [2.75, 3.05) is 19.6 Å². The molecule has 7 nitrogen and oxygen atoms in total. The molecule has 2 aliphatic rings. The summed E-state index contributed by atoms with van der Waals surface area (Å²) in [6, 6.07) is 0. The van der Waals surface area contributed by atoms with Gasteiger partial charge < -0.3 is 15.0 Å². The van der Waals surface area contributed by atoms with Crippen LogP contribution in [0, 0.1) is 0 Å². The molecule has 22 heavy (non-hydrogen) atoms. The van der Waals surface area contributed by atoms with Crippen LogP contribution in [0.5, 0.6) is 0 Å². The minimum atomic E-state index is -0.542. The molecule has 116 valence electrons. The summed E-state index contributed by atoms with van der Waals surface area (Å²) in [5, 5.41) is 4.65. The highest BCUT2D eigenvalue weighted by molar-refractivity contribution is 7.15. The summed E-state index contributed by atoms with van der Waals surface area (Å²) in [5.74, 6) is 0.0350. The van der Waals surface area contributed by atoms with Crippen LogP contribution >= 0.6 is 11.3 Å². The molecule has 1 unspecified atom stereocenters. The minimum absolute atomic E-state index is 0.0350. The number of fused-ring (bicyclic) bond motifs is 1. The van der Waals surface area contributed by atoms with E-state index in [1.165, 1.54) is 0 Å². The predicted octanol–water partition coefficient (Wildman–Crippen LogP) is 1.04. The van der Waals surface area contributed by atoms with Gasteiger partial charge in [0.2, 0.25) is 5.91 Å². The Kier molecular flexibility index (Phi) is 3.07. The van der Waals surface area contributed by atoms with Crippen LogP contribution in [0.3, 0.4) is 0 Å². The molecule has 1 spiro atoms. The molecule has 8 heteroatoms. The van der Waals surface area contributed by atoms with Crippen molar-refractivity contribution in [3.63, 3.8) is 0 Å². The summed E-state index contributed by atoms with van der Waals surface area (Å²) in [6.45, 7) is 1.66. The smallest absolute Gasteiger partial charge is 0.407 e. The van der Waals surface area contributed by atoms with E-state index in [0.29, 0.717) is 19.6 Å². The van der Waals surface area contributed by atoms with Crippen LogP contribution in [0.25, 0.3) is 4.96 Å². The summed E-state index contributed by atoms with van der Waals surface area (Å²) < 4.78 is 7.32. The molecule has 0 saturated carbocycles. The number of carbonyl (C=O) groups excluding carboxylic acids is 2. The maximum Gasteiger partial charge on any atom is 0.407 e. The highest BCUT2D eigenvalue weighted by Crippen LogP contribution is 2.28. The molecule has 2 aliphatic heterocycles. The molecule has 1 N–H and O–H groups in total. The Hall–Kier alpha value is -2.09. The highest BCUT2D eigenvalue weighted by Gasteiger charge is 2.44. The number of thiazole rings is 1. The Bertz CT molecular complexity index is 711. The van der Waals surface area contributed by atoms with Gasteiger partial charge in [-0.05, 0) is 12.8 Å². The standard InChI is InChI=1S/C14H16N4O3S/c19-11(6-10-7-17-4-5-22-12(17)16-10)18-3-1-2-14(9-18)8-15-13(20)21-14/h4-5,7H,1-3,6,8-9H2,(H,15,20). The van der Waals surface area contributed by atoms with Crippen LogP contribution in [0.15, 0.2) is 17.8 Å². The number of aromatic nitrogens is 2. The van der Waals surface area contributed by atoms with Crippen LogP contribution in [-0.4, -0.2) is 51.5 Å². The van der Waals surface area contributed by atoms with Gasteiger partial charge in [-0.15, -0.1) is 11.3 Å². The van der Waals surface area contributed by atoms with Crippen molar-refractivity contribution in [1.82, 2.24) is 19.6 Å². The van der Waals surface area contributed by atoms with Gasteiger partial charge in [0.1, 0.15) is 5.60 Å². The van der Waals surface area contributed by atoms with Crippen molar-refractivity contribution >= 4 is 28.3 Å². The van der Waals surface area contributed by atoms with Crippen molar-refractivity contribution in [2.45, 2.75) is 24.9 Å². The largest absolute Gasteiger partial charge is 0.439 e. The van der Waals surface area contributed by atoms with E-state index in [-0.39, 0.29) is 18.4 Å². The molecular formula is C14H16N4O3S. The second-order valence-electron chi connectivity index (χ2n) is 5.85. The van der Waals surface area contributed by atoms with E-state index < -0.39 is 5.60 Å². The summed E-state index contributed by atoms with van der Waals surface area (Å²) >= 11 is 1.55. The Morgan fingerprint density at radius 3 is 3.23 bits per heavy atom. The van der Waals surface area contributed by atoms with Crippen LogP contribution in [0.4, 0.5) is 4.79 Å². The molecule has 2 amide bonds. The van der Waals surface area contributed by atoms with Crippen LogP contribution in [0.2, 0.25) is 0 Å². The lowest BCUT2D eigenvalue weighted by Gasteiger charge is -2.38. The molecular weight excluding hydrogens is 304 g/mol. The first-order chi connectivity index (χ1) is 10.6. The summed E-state index contributed by atoms with van der Waals surface area (Å²) in [5.41, 5.74) is 0.234. The van der Waals surface area contributed by atoms with Gasteiger partial charge in [-0.3, -0.25) is 9.20 Å². The van der Waals surface area contributed by atoms with Gasteiger partial charge in [-0.2, -0.15) is 0 Å². The predicted molar refractivity (Wildman–Crippen MR) is 79.8 cm³/mol. The number of carbonyl (C=O) groups is 2. The lowest BCUT2D eigenvalue weighted by Crippen LogP contribution is -2.52. The molecule has 2 saturated heterocycles. The third kappa shape index (κ3) is 2.33. The van der Waals surface area contributed by atoms with Crippen molar-refractivity contribution < 1.29 is 14.3 Å². The number of rotatable bonds is 2. The molecule has 2 fully saturated rings. The Morgan fingerprint density at radius 1 is 1.55 bits per heavy atom. The fourth-order valence-electron chi connectivity index (χ4n) is 3.17. The normalized spacial score (nSPS) is 24.7. The fraction of sp³-hybridized carbons (Fsp3) is 0.500. The Balaban J connectivity index is 1.45. The Labute approximate surface area is 130 Å². The lowest BCUT2D eigenvalue weighted by atomic mass is 9.93. The molecule has 0 aliphatic carbocycles. The number of imidazole rings is 1. The average molecular weight is 320 g/mol. The Morgan fingerprint density at radius 2 is 2.45 bits per heavy atom. The number of ether oxygens (including phenoxy) is 1. The molecule has 2 aromatic rings. The van der Waals surface area contributed by atoms with Gasteiger partial charge in [0.15, 0.2) is 4.96 Å². The molecule has 2 aromatic heterocycles. The second kappa shape index (κ2) is 4.98. The van der Waals surface area contributed by atoms with E-state index in [1.807, 2.05) is 22.2 Å². The fourth-order valence-corrected chi connectivity index (χ4v) is 3.89. The van der Waals surface area contributed by atoms with Gasteiger partial charge in [0.05, 0.1) is 25.2 Å². The highest BCUT2D eigenvalue weighted by atomic mass is 32.1. The number of hydrogen-bond acceptors (Lipinski definition) is 5. The van der Waals surface area contributed by atoms with Crippen LogP contribution in [-0.2, 0) is 16.0 Å². The van der Waals surface area contributed by atoms with Crippen LogP contribution < -0.4 is 5.32 Å². The van der Waals surface area contributed by atoms with Gasteiger partial charge in [-0.25, -0.2) is 9.78 Å². The summed E-state index contributed by atoms with van der Waals surface area (Å²) in [7, 11) is 0. The number of nitrogens with one attached hydrogen (secondary N) is 1. The van der Waals surface area contributed by atoms with Gasteiger partial charge >= 0.3 is 6.09 Å². The summed E-state index contributed by atoms with van der Waals surface area (Å²) in [4.78, 5) is 30.9. The minimum Gasteiger partial charge on any atom is -0.439 e. The van der Waals surface area contributed by atoms with Crippen molar-refractivity contribution in [3.8, 4) is 0 Å². The number of piperidine rings is 1. The molecule has 4 heterocycles. The number of hydrogen-bond donors (Lipinski definition) is 1. The zero-order valence-electron chi connectivity index (χ0n) is 11.9. The van der Waals surface area contributed by atoms with E-state index in [9.17, 15) is 9.59 Å². The third-order valence-electron chi connectivity index (χ3n) is 4.23. The topological polar surface area (TPSA) is 75.9 Å². The van der Waals surface area contributed by atoms with Crippen molar-refractivity contribution in [2.24, 2.45) is 0 Å². The number of alkyl carbamates (subject to hydrolysis) is 1. The zero-order chi connectivity index (χ0) is 15.2. The van der Waals surface area contributed by atoms with E-state index in [0.717, 1.165) is 23.5 Å². The number of likely N-dealkylation sites (tertiary alicyclic amines) is 1. The molecule has 1 atom stereocenters. The molecule has 0 aromatic carbocycles. The maximum absolute atomic E-state index is 12.5. The molecule has 0 radical (unpaired) electrons. The first-order valence-corrected chi connectivity index (χ1v) is 8.17. The second-order valence-corrected chi connectivity index (χ2v) is 6.72. The molecule has 0 bridgehead atoms. The SMILES string of the molecule is O=C1NCC2(CCCN(C(=O)Cc3cn4ccsc4n3)C2)O1. The number of amides is 2. The maximum atomic E-state index is 12.5. The molecule has 4 rings (SSSR count).